The molecule has 0 radical (unpaired) electrons. The van der Waals surface area contributed by atoms with E-state index in [1.165, 1.54) is 11.0 Å². The normalized spacial score (nSPS) is 14.6. The molecule has 0 aromatic heterocycles. The topological polar surface area (TPSA) is 77.1 Å². The average Bonchev–Trinajstić information content (AvgIpc) is 2.87. The maximum Gasteiger partial charge on any atom is 0.270 e. The Balaban J connectivity index is 1.60. The van der Waals surface area contributed by atoms with Crippen molar-refractivity contribution in [3.63, 3.8) is 0 Å². The first-order valence-electron chi connectivity index (χ1n) is 11.0. The van der Waals surface area contributed by atoms with Gasteiger partial charge in [0, 0.05) is 0 Å². The molecule has 178 valence electrons. The summed E-state index contributed by atoms with van der Waals surface area (Å²) in [5.41, 5.74) is 2.11. The Bertz CT molecular complexity index is 1270. The Kier molecular flexibility index (Phi) is 7.42. The smallest absolute Gasteiger partial charge is 0.270 e. The second kappa shape index (κ2) is 10.8. The highest BCUT2D eigenvalue weighted by atomic mass is 32.1. The SMILES string of the molecule is CCOc1cc(C=C2C(=O)NC(=S)N(c3ccc(OC)cc3)C2=O)ccc1OCc1ccccc1. The summed E-state index contributed by atoms with van der Waals surface area (Å²) < 4.78 is 16.9. The van der Waals surface area contributed by atoms with Crippen LogP contribution in [0.25, 0.3) is 6.08 Å². The number of anilines is 1. The molecule has 1 fully saturated rings. The minimum Gasteiger partial charge on any atom is -0.497 e. The molecule has 8 heteroatoms. The molecule has 1 aliphatic rings. The molecule has 0 saturated carbocycles. The van der Waals surface area contributed by atoms with Gasteiger partial charge in [-0.3, -0.25) is 19.8 Å². The number of methoxy groups -OCH3 is 1. The molecule has 0 bridgehead atoms. The number of nitrogens with one attached hydrogen (secondary N) is 1. The van der Waals surface area contributed by atoms with Crippen LogP contribution in [0.3, 0.4) is 0 Å². The van der Waals surface area contributed by atoms with Gasteiger partial charge in [-0.25, -0.2) is 0 Å². The van der Waals surface area contributed by atoms with E-state index in [2.05, 4.69) is 5.32 Å². The average molecular weight is 489 g/mol. The van der Waals surface area contributed by atoms with E-state index in [0.717, 1.165) is 5.56 Å². The molecule has 2 amide bonds. The molecule has 4 rings (SSSR count). The number of carbonyl (C=O) groups excluding carboxylic acids is 2. The molecule has 1 aliphatic heterocycles. The number of ether oxygens (including phenoxy) is 3. The van der Waals surface area contributed by atoms with Gasteiger partial charge < -0.3 is 14.2 Å². The zero-order chi connectivity index (χ0) is 24.8. The van der Waals surface area contributed by atoms with Crippen molar-refractivity contribution in [1.29, 1.82) is 0 Å². The van der Waals surface area contributed by atoms with E-state index in [1.54, 1.807) is 49.6 Å². The molecule has 3 aromatic carbocycles. The minimum atomic E-state index is -0.563. The first kappa shape index (κ1) is 24.0. The molecule has 0 atom stereocenters. The second-order valence-electron chi connectivity index (χ2n) is 7.57. The molecular formula is C27H24N2O5S. The second-order valence-corrected chi connectivity index (χ2v) is 7.96. The number of benzene rings is 3. The van der Waals surface area contributed by atoms with Gasteiger partial charge in [0.1, 0.15) is 17.9 Å². The molecule has 1 saturated heterocycles. The first-order chi connectivity index (χ1) is 17.0. The minimum absolute atomic E-state index is 0.0157. The van der Waals surface area contributed by atoms with Gasteiger partial charge in [0.25, 0.3) is 11.8 Å². The van der Waals surface area contributed by atoms with Crippen LogP contribution in [-0.4, -0.2) is 30.6 Å². The summed E-state index contributed by atoms with van der Waals surface area (Å²) >= 11 is 5.26. The summed E-state index contributed by atoms with van der Waals surface area (Å²) in [7, 11) is 1.56. The van der Waals surface area contributed by atoms with E-state index in [0.29, 0.717) is 41.7 Å². The van der Waals surface area contributed by atoms with Crippen LogP contribution in [0.15, 0.2) is 78.4 Å². The third-order valence-electron chi connectivity index (χ3n) is 5.25. The number of thiocarbonyl (C=S) groups is 1. The van der Waals surface area contributed by atoms with Crippen molar-refractivity contribution in [3.8, 4) is 17.2 Å². The van der Waals surface area contributed by atoms with E-state index in [4.69, 9.17) is 26.4 Å². The fourth-order valence-electron chi connectivity index (χ4n) is 3.53. The van der Waals surface area contributed by atoms with E-state index in [1.807, 2.05) is 37.3 Å². The highest BCUT2D eigenvalue weighted by Crippen LogP contribution is 2.31. The molecule has 7 nitrogen and oxygen atoms in total. The van der Waals surface area contributed by atoms with Crippen LogP contribution in [0.4, 0.5) is 5.69 Å². The van der Waals surface area contributed by atoms with Crippen LogP contribution in [0.1, 0.15) is 18.1 Å². The van der Waals surface area contributed by atoms with Crippen molar-refractivity contribution in [2.75, 3.05) is 18.6 Å². The van der Waals surface area contributed by atoms with Gasteiger partial charge in [-0.05, 0) is 72.7 Å². The van der Waals surface area contributed by atoms with Gasteiger partial charge >= 0.3 is 0 Å². The Morgan fingerprint density at radius 3 is 2.37 bits per heavy atom. The quantitative estimate of drug-likeness (QED) is 0.286. The van der Waals surface area contributed by atoms with Crippen molar-refractivity contribution in [1.82, 2.24) is 5.32 Å². The Hall–Kier alpha value is -4.17. The Labute approximate surface area is 208 Å². The van der Waals surface area contributed by atoms with Crippen LogP contribution >= 0.6 is 12.2 Å². The third kappa shape index (κ3) is 5.50. The number of amides is 2. The van der Waals surface area contributed by atoms with Crippen LogP contribution in [0, 0.1) is 0 Å². The monoisotopic (exact) mass is 488 g/mol. The van der Waals surface area contributed by atoms with Crippen molar-refractivity contribution in [2.45, 2.75) is 13.5 Å². The lowest BCUT2D eigenvalue weighted by Gasteiger charge is -2.29. The summed E-state index contributed by atoms with van der Waals surface area (Å²) in [5.74, 6) is 0.641. The van der Waals surface area contributed by atoms with Crippen molar-refractivity contribution in [2.24, 2.45) is 0 Å². The van der Waals surface area contributed by atoms with Crippen molar-refractivity contribution in [3.05, 3.63) is 89.5 Å². The van der Waals surface area contributed by atoms with E-state index < -0.39 is 11.8 Å². The fourth-order valence-corrected chi connectivity index (χ4v) is 3.81. The van der Waals surface area contributed by atoms with Gasteiger partial charge in [-0.15, -0.1) is 0 Å². The molecular weight excluding hydrogens is 464 g/mol. The predicted octanol–water partition coefficient (Wildman–Crippen LogP) is 4.50. The summed E-state index contributed by atoms with van der Waals surface area (Å²) in [6.45, 7) is 2.69. The maximum absolute atomic E-state index is 13.3. The zero-order valence-electron chi connectivity index (χ0n) is 19.3. The van der Waals surface area contributed by atoms with Gasteiger partial charge in [-0.2, -0.15) is 0 Å². The number of hydrogen-bond donors (Lipinski definition) is 1. The van der Waals surface area contributed by atoms with Gasteiger partial charge in [0.05, 0.1) is 19.4 Å². The van der Waals surface area contributed by atoms with Crippen molar-refractivity contribution < 1.29 is 23.8 Å². The molecule has 1 N–H and O–H groups in total. The lowest BCUT2D eigenvalue weighted by molar-refractivity contribution is -0.122. The number of nitrogens with zero attached hydrogens (tertiary/aromatic N) is 1. The molecule has 3 aromatic rings. The van der Waals surface area contributed by atoms with E-state index >= 15 is 0 Å². The molecule has 0 unspecified atom stereocenters. The summed E-state index contributed by atoms with van der Waals surface area (Å²) in [6, 6.07) is 21.9. The zero-order valence-corrected chi connectivity index (χ0v) is 20.1. The Morgan fingerprint density at radius 2 is 1.69 bits per heavy atom. The molecule has 1 heterocycles. The molecule has 0 spiro atoms. The number of rotatable bonds is 8. The highest BCUT2D eigenvalue weighted by Gasteiger charge is 2.34. The Morgan fingerprint density at radius 1 is 0.943 bits per heavy atom. The van der Waals surface area contributed by atoms with Gasteiger partial charge in [-0.1, -0.05) is 36.4 Å². The lowest BCUT2D eigenvalue weighted by atomic mass is 10.1. The van der Waals surface area contributed by atoms with Gasteiger partial charge in [0.15, 0.2) is 16.6 Å². The summed E-state index contributed by atoms with van der Waals surface area (Å²) in [5, 5.41) is 2.60. The number of hydrogen-bond acceptors (Lipinski definition) is 6. The standard InChI is InChI=1S/C27H24N2O5S/c1-3-33-24-16-19(9-14-23(24)34-17-18-7-5-4-6-8-18)15-22-25(30)28-27(35)29(26(22)31)20-10-12-21(32-2)13-11-20/h4-16H,3,17H2,1-2H3,(H,28,30,35). The van der Waals surface area contributed by atoms with Crippen molar-refractivity contribution >= 4 is 40.9 Å². The van der Waals surface area contributed by atoms with Crippen LogP contribution < -0.4 is 24.4 Å². The number of carbonyl (C=O) groups is 2. The summed E-state index contributed by atoms with van der Waals surface area (Å²) in [4.78, 5) is 27.2. The largest absolute Gasteiger partial charge is 0.497 e. The fraction of sp³-hybridized carbons (Fsp3) is 0.148. The van der Waals surface area contributed by atoms with Gasteiger partial charge in [0.2, 0.25) is 0 Å². The van der Waals surface area contributed by atoms with Crippen LogP contribution in [0.2, 0.25) is 0 Å². The van der Waals surface area contributed by atoms with Crippen LogP contribution in [-0.2, 0) is 16.2 Å². The van der Waals surface area contributed by atoms with E-state index in [-0.39, 0.29) is 10.7 Å². The van der Waals surface area contributed by atoms with E-state index in [9.17, 15) is 9.59 Å². The lowest BCUT2D eigenvalue weighted by Crippen LogP contribution is -2.54. The summed E-state index contributed by atoms with van der Waals surface area (Å²) in [6.07, 6.45) is 1.51. The third-order valence-corrected chi connectivity index (χ3v) is 5.53. The van der Waals surface area contributed by atoms with Crippen LogP contribution in [0.5, 0.6) is 17.2 Å². The molecule has 0 aliphatic carbocycles. The first-order valence-corrected chi connectivity index (χ1v) is 11.4. The highest BCUT2D eigenvalue weighted by molar-refractivity contribution is 7.80. The predicted molar refractivity (Wildman–Crippen MR) is 138 cm³/mol. The molecule has 35 heavy (non-hydrogen) atoms. The maximum atomic E-state index is 13.3.